The molecule has 2 heterocycles. The zero-order chi connectivity index (χ0) is 16.1. The first-order chi connectivity index (χ1) is 11.3. The van der Waals surface area contributed by atoms with Crippen LogP contribution in [0.15, 0.2) is 75.2 Å². The average molecular weight is 323 g/mol. The van der Waals surface area contributed by atoms with E-state index in [2.05, 4.69) is 53.2 Å². The summed E-state index contributed by atoms with van der Waals surface area (Å²) in [6, 6.07) is 12.1. The molecule has 0 saturated carbocycles. The Hall–Kier alpha value is -2.66. The van der Waals surface area contributed by atoms with Crippen LogP contribution in [0.5, 0.6) is 0 Å². The molecule has 5 heteroatoms. The number of aromatic nitrogens is 1. The highest BCUT2D eigenvalue weighted by Crippen LogP contribution is 2.20. The Labute approximate surface area is 138 Å². The number of aryl methyl sites for hydroxylation is 1. The Morgan fingerprint density at radius 2 is 2.09 bits per heavy atom. The van der Waals surface area contributed by atoms with E-state index >= 15 is 0 Å². The topological polar surface area (TPSA) is 42.8 Å². The molecule has 0 aliphatic carbocycles. The van der Waals surface area contributed by atoms with Gasteiger partial charge < -0.3 is 4.42 Å². The molecule has 0 bridgehead atoms. The smallest absolute Gasteiger partial charge is 0.206 e. The van der Waals surface area contributed by atoms with Gasteiger partial charge in [-0.05, 0) is 19.1 Å². The normalized spacial score (nSPS) is 12.1. The van der Waals surface area contributed by atoms with Crippen LogP contribution in [0.4, 0.5) is 0 Å². The van der Waals surface area contributed by atoms with Crippen LogP contribution >= 0.6 is 11.3 Å². The van der Waals surface area contributed by atoms with E-state index < -0.39 is 0 Å². The molecule has 23 heavy (non-hydrogen) atoms. The fraction of sp³-hybridized carbons (Fsp3) is 0.111. The highest BCUT2D eigenvalue weighted by molar-refractivity contribution is 7.07. The summed E-state index contributed by atoms with van der Waals surface area (Å²) in [7, 11) is 0. The third-order valence-electron chi connectivity index (χ3n) is 3.23. The summed E-state index contributed by atoms with van der Waals surface area (Å²) in [5.74, 6) is 0.702. The van der Waals surface area contributed by atoms with Crippen molar-refractivity contribution in [1.82, 2.24) is 4.68 Å². The van der Waals surface area contributed by atoms with Crippen LogP contribution in [0, 0.1) is 6.92 Å². The summed E-state index contributed by atoms with van der Waals surface area (Å²) in [6.07, 6.45) is 5.09. The van der Waals surface area contributed by atoms with Gasteiger partial charge in [-0.25, -0.2) is 4.68 Å². The number of hydrogen-bond acceptors (Lipinski definition) is 4. The van der Waals surface area contributed by atoms with E-state index in [9.17, 15) is 0 Å². The lowest BCUT2D eigenvalue weighted by Gasteiger charge is -2.03. The molecule has 4 nitrogen and oxygen atoms in total. The van der Waals surface area contributed by atoms with Gasteiger partial charge in [0.25, 0.3) is 0 Å². The monoisotopic (exact) mass is 323 g/mol. The van der Waals surface area contributed by atoms with Crippen molar-refractivity contribution in [2.24, 2.45) is 10.1 Å². The van der Waals surface area contributed by atoms with Crippen molar-refractivity contribution in [2.75, 3.05) is 6.54 Å². The molecule has 0 aliphatic heterocycles. The van der Waals surface area contributed by atoms with Gasteiger partial charge >= 0.3 is 0 Å². The Bertz CT molecular complexity index is 868. The minimum atomic E-state index is 0.560. The summed E-state index contributed by atoms with van der Waals surface area (Å²) in [5, 5.41) is 6.60. The van der Waals surface area contributed by atoms with E-state index in [0.29, 0.717) is 12.3 Å². The van der Waals surface area contributed by atoms with Gasteiger partial charge in [0.2, 0.25) is 4.80 Å². The van der Waals surface area contributed by atoms with Crippen molar-refractivity contribution in [3.05, 3.63) is 76.8 Å². The first-order valence-electron chi connectivity index (χ1n) is 7.25. The molecule has 2 aromatic heterocycles. The summed E-state index contributed by atoms with van der Waals surface area (Å²) in [4.78, 5) is 5.33. The van der Waals surface area contributed by atoms with E-state index in [1.165, 1.54) is 5.56 Å². The second-order valence-electron chi connectivity index (χ2n) is 4.97. The average Bonchev–Trinajstić information content (AvgIpc) is 3.21. The standard InChI is InChI=1S/C18H17N3OS/c1-3-10-19-18-21(20-12-16-5-4-11-22-16)17(13-23-18)15-8-6-14(2)7-9-15/h3-9,11-13H,1,10H2,2H3. The Morgan fingerprint density at radius 1 is 1.26 bits per heavy atom. The fourth-order valence-corrected chi connectivity index (χ4v) is 2.91. The van der Waals surface area contributed by atoms with Gasteiger partial charge in [0.1, 0.15) is 5.76 Å². The zero-order valence-corrected chi connectivity index (χ0v) is 13.7. The number of rotatable bonds is 5. The van der Waals surface area contributed by atoms with E-state index in [1.54, 1.807) is 29.9 Å². The summed E-state index contributed by atoms with van der Waals surface area (Å²) in [5.41, 5.74) is 3.33. The van der Waals surface area contributed by atoms with Crippen molar-refractivity contribution in [2.45, 2.75) is 6.92 Å². The maximum Gasteiger partial charge on any atom is 0.206 e. The molecule has 0 aliphatic rings. The van der Waals surface area contributed by atoms with E-state index in [4.69, 9.17) is 4.42 Å². The Morgan fingerprint density at radius 3 is 2.78 bits per heavy atom. The first-order valence-corrected chi connectivity index (χ1v) is 8.13. The largest absolute Gasteiger partial charge is 0.463 e. The Balaban J connectivity index is 2.07. The van der Waals surface area contributed by atoms with Crippen molar-refractivity contribution in [3.8, 4) is 11.3 Å². The lowest BCUT2D eigenvalue weighted by molar-refractivity contribution is 0.559. The predicted molar refractivity (Wildman–Crippen MR) is 94.8 cm³/mol. The van der Waals surface area contributed by atoms with Crippen molar-refractivity contribution >= 4 is 17.6 Å². The van der Waals surface area contributed by atoms with E-state index in [-0.39, 0.29) is 0 Å². The SMILES string of the molecule is C=CCN=c1scc(-c2ccc(C)cc2)n1N=Cc1ccco1. The van der Waals surface area contributed by atoms with Gasteiger partial charge in [0, 0.05) is 10.9 Å². The molecular weight excluding hydrogens is 306 g/mol. The molecule has 0 amide bonds. The maximum absolute atomic E-state index is 5.31. The minimum Gasteiger partial charge on any atom is -0.463 e. The molecular formula is C18H17N3OS. The van der Waals surface area contributed by atoms with Crippen LogP contribution in [0.2, 0.25) is 0 Å². The maximum atomic E-state index is 5.31. The number of furan rings is 1. The molecule has 0 spiro atoms. The molecule has 0 fully saturated rings. The molecule has 0 radical (unpaired) electrons. The summed E-state index contributed by atoms with van der Waals surface area (Å²) >= 11 is 1.56. The molecule has 0 N–H and O–H groups in total. The molecule has 116 valence electrons. The van der Waals surface area contributed by atoms with E-state index in [0.717, 1.165) is 16.1 Å². The third-order valence-corrected chi connectivity index (χ3v) is 4.09. The van der Waals surface area contributed by atoms with Crippen molar-refractivity contribution in [3.63, 3.8) is 0 Å². The quantitative estimate of drug-likeness (QED) is 0.515. The number of benzene rings is 1. The third kappa shape index (κ3) is 3.57. The minimum absolute atomic E-state index is 0.560. The molecule has 3 aromatic rings. The predicted octanol–water partition coefficient (Wildman–Crippen LogP) is 4.09. The number of nitrogens with zero attached hydrogens (tertiary/aromatic N) is 3. The Kier molecular flexibility index (Phi) is 4.68. The van der Waals surface area contributed by atoms with Gasteiger partial charge in [0.15, 0.2) is 0 Å². The van der Waals surface area contributed by atoms with Crippen LogP contribution in [0.3, 0.4) is 0 Å². The first kappa shape index (κ1) is 15.2. The molecule has 0 saturated heterocycles. The van der Waals surface area contributed by atoms with Crippen LogP contribution in [0.1, 0.15) is 11.3 Å². The molecule has 0 unspecified atom stereocenters. The van der Waals surface area contributed by atoms with Gasteiger partial charge in [-0.15, -0.1) is 17.9 Å². The van der Waals surface area contributed by atoms with Crippen LogP contribution in [0.25, 0.3) is 11.3 Å². The molecule has 1 aromatic carbocycles. The molecule has 0 atom stereocenters. The van der Waals surface area contributed by atoms with Gasteiger partial charge in [-0.1, -0.05) is 35.9 Å². The van der Waals surface area contributed by atoms with Crippen LogP contribution < -0.4 is 4.80 Å². The fourth-order valence-electron chi connectivity index (χ4n) is 2.06. The second kappa shape index (κ2) is 7.07. The number of thiazole rings is 1. The van der Waals surface area contributed by atoms with E-state index in [1.807, 2.05) is 16.8 Å². The molecule has 3 rings (SSSR count). The van der Waals surface area contributed by atoms with Gasteiger partial charge in [-0.3, -0.25) is 4.99 Å². The van der Waals surface area contributed by atoms with Crippen molar-refractivity contribution in [1.29, 1.82) is 0 Å². The lowest BCUT2D eigenvalue weighted by Crippen LogP contribution is -2.12. The number of hydrogen-bond donors (Lipinski definition) is 0. The van der Waals surface area contributed by atoms with Crippen LogP contribution in [-0.2, 0) is 0 Å². The van der Waals surface area contributed by atoms with Gasteiger partial charge in [0.05, 0.1) is 24.7 Å². The zero-order valence-electron chi connectivity index (χ0n) is 12.8. The lowest BCUT2D eigenvalue weighted by atomic mass is 10.1. The summed E-state index contributed by atoms with van der Waals surface area (Å²) in [6.45, 7) is 6.35. The second-order valence-corrected chi connectivity index (χ2v) is 5.81. The van der Waals surface area contributed by atoms with Gasteiger partial charge in [-0.2, -0.15) is 5.10 Å². The van der Waals surface area contributed by atoms with Crippen LogP contribution in [-0.4, -0.2) is 17.4 Å². The highest BCUT2D eigenvalue weighted by Gasteiger charge is 2.07. The van der Waals surface area contributed by atoms with Crippen molar-refractivity contribution < 1.29 is 4.42 Å². The highest BCUT2D eigenvalue weighted by atomic mass is 32.1. The summed E-state index contributed by atoms with van der Waals surface area (Å²) < 4.78 is 7.14.